The number of rotatable bonds is 5. The summed E-state index contributed by atoms with van der Waals surface area (Å²) in [6.07, 6.45) is 8.01. The second kappa shape index (κ2) is 9.35. The van der Waals surface area contributed by atoms with Gasteiger partial charge in [0.15, 0.2) is 0 Å². The molecule has 0 N–H and O–H groups in total. The Hall–Kier alpha value is -3.20. The number of carbonyl (C=O) groups is 1. The SMILES string of the molecule is COc1ccc(-c2cc3c(=O)n(CC(=O)N4CCN(C5CCCCC5)CC4)ncn3n2)cc1. The van der Waals surface area contributed by atoms with Crippen LogP contribution in [-0.2, 0) is 11.3 Å². The Bertz CT molecular complexity index is 1170. The van der Waals surface area contributed by atoms with E-state index >= 15 is 0 Å². The highest BCUT2D eigenvalue weighted by Crippen LogP contribution is 2.24. The van der Waals surface area contributed by atoms with Gasteiger partial charge in [-0.3, -0.25) is 14.5 Å². The number of hydrogen-bond acceptors (Lipinski definition) is 6. The molecule has 1 saturated carbocycles. The van der Waals surface area contributed by atoms with Crippen LogP contribution in [0.3, 0.4) is 0 Å². The Morgan fingerprint density at radius 3 is 2.48 bits per heavy atom. The molecule has 2 aromatic heterocycles. The van der Waals surface area contributed by atoms with Gasteiger partial charge in [-0.05, 0) is 43.2 Å². The molecule has 3 heterocycles. The molecule has 0 unspecified atom stereocenters. The van der Waals surface area contributed by atoms with Crippen LogP contribution in [-0.4, -0.2) is 74.4 Å². The number of ether oxygens (including phenoxy) is 1. The normalized spacial score (nSPS) is 18.0. The van der Waals surface area contributed by atoms with Crippen LogP contribution in [0.25, 0.3) is 16.8 Å². The molecule has 9 nitrogen and oxygen atoms in total. The van der Waals surface area contributed by atoms with Crippen molar-refractivity contribution in [2.75, 3.05) is 33.3 Å². The second-order valence-corrected chi connectivity index (χ2v) is 8.89. The van der Waals surface area contributed by atoms with Crippen molar-refractivity contribution in [1.29, 1.82) is 0 Å². The van der Waals surface area contributed by atoms with Gasteiger partial charge in [0.05, 0.1) is 12.8 Å². The third-order valence-corrected chi connectivity index (χ3v) is 6.92. The van der Waals surface area contributed by atoms with Crippen LogP contribution in [0.15, 0.2) is 41.5 Å². The van der Waals surface area contributed by atoms with Crippen LogP contribution < -0.4 is 10.3 Å². The summed E-state index contributed by atoms with van der Waals surface area (Å²) in [5.41, 5.74) is 1.61. The maximum absolute atomic E-state index is 13.0. The summed E-state index contributed by atoms with van der Waals surface area (Å²) in [6.45, 7) is 3.18. The Labute approximate surface area is 192 Å². The van der Waals surface area contributed by atoms with Crippen molar-refractivity contribution in [3.8, 4) is 17.0 Å². The molecular formula is C24H30N6O3. The first-order valence-corrected chi connectivity index (χ1v) is 11.7. The number of fused-ring (bicyclic) bond motifs is 1. The van der Waals surface area contributed by atoms with E-state index in [-0.39, 0.29) is 18.0 Å². The molecular weight excluding hydrogens is 420 g/mol. The van der Waals surface area contributed by atoms with E-state index in [9.17, 15) is 9.59 Å². The lowest BCUT2D eigenvalue weighted by molar-refractivity contribution is -0.134. The summed E-state index contributed by atoms with van der Waals surface area (Å²) in [6, 6.07) is 9.89. The average Bonchev–Trinajstić information content (AvgIpc) is 3.32. The smallest absolute Gasteiger partial charge is 0.293 e. The molecule has 1 aliphatic heterocycles. The third kappa shape index (κ3) is 4.50. The van der Waals surface area contributed by atoms with Gasteiger partial charge in [-0.1, -0.05) is 19.3 Å². The van der Waals surface area contributed by atoms with Gasteiger partial charge in [0.1, 0.15) is 24.1 Å². The fourth-order valence-electron chi connectivity index (χ4n) is 4.96. The number of amides is 1. The van der Waals surface area contributed by atoms with E-state index in [1.54, 1.807) is 13.2 Å². The minimum Gasteiger partial charge on any atom is -0.497 e. The molecule has 0 spiro atoms. The van der Waals surface area contributed by atoms with Gasteiger partial charge in [-0.25, -0.2) is 9.20 Å². The van der Waals surface area contributed by atoms with E-state index in [1.807, 2.05) is 29.2 Å². The van der Waals surface area contributed by atoms with Crippen molar-refractivity contribution < 1.29 is 9.53 Å². The fourth-order valence-corrected chi connectivity index (χ4v) is 4.96. The van der Waals surface area contributed by atoms with Crippen molar-refractivity contribution in [2.45, 2.75) is 44.7 Å². The largest absolute Gasteiger partial charge is 0.497 e. The van der Waals surface area contributed by atoms with Gasteiger partial charge in [-0.15, -0.1) is 0 Å². The van der Waals surface area contributed by atoms with Crippen LogP contribution >= 0.6 is 0 Å². The minimum atomic E-state index is -0.320. The Kier molecular flexibility index (Phi) is 6.13. The number of aromatic nitrogens is 4. The van der Waals surface area contributed by atoms with Gasteiger partial charge in [-0.2, -0.15) is 10.2 Å². The molecule has 2 aliphatic rings. The van der Waals surface area contributed by atoms with Crippen molar-refractivity contribution in [3.63, 3.8) is 0 Å². The quantitative estimate of drug-likeness (QED) is 0.592. The molecule has 0 atom stereocenters. The van der Waals surface area contributed by atoms with Crippen molar-refractivity contribution in [3.05, 3.63) is 47.0 Å². The molecule has 174 valence electrons. The van der Waals surface area contributed by atoms with E-state index in [4.69, 9.17) is 4.74 Å². The maximum atomic E-state index is 13.0. The number of benzene rings is 1. The second-order valence-electron chi connectivity index (χ2n) is 8.89. The lowest BCUT2D eigenvalue weighted by atomic mass is 9.94. The molecule has 1 aromatic carbocycles. The third-order valence-electron chi connectivity index (χ3n) is 6.92. The fraction of sp³-hybridized carbons (Fsp3) is 0.500. The van der Waals surface area contributed by atoms with E-state index in [0.717, 1.165) is 24.4 Å². The Morgan fingerprint density at radius 1 is 1.06 bits per heavy atom. The lowest BCUT2D eigenvalue weighted by Gasteiger charge is -2.40. The summed E-state index contributed by atoms with van der Waals surface area (Å²) < 4.78 is 7.90. The van der Waals surface area contributed by atoms with Crippen molar-refractivity contribution in [1.82, 2.24) is 29.2 Å². The predicted molar refractivity (Wildman–Crippen MR) is 124 cm³/mol. The molecule has 1 saturated heterocycles. The van der Waals surface area contributed by atoms with Crippen molar-refractivity contribution in [2.24, 2.45) is 0 Å². The van der Waals surface area contributed by atoms with Crippen LogP contribution in [0.2, 0.25) is 0 Å². The zero-order valence-electron chi connectivity index (χ0n) is 19.0. The van der Waals surface area contributed by atoms with Crippen LogP contribution in [0.1, 0.15) is 32.1 Å². The highest BCUT2D eigenvalue weighted by atomic mass is 16.5. The van der Waals surface area contributed by atoms with Crippen LogP contribution in [0.4, 0.5) is 0 Å². The molecule has 1 amide bonds. The highest BCUT2D eigenvalue weighted by molar-refractivity contribution is 5.76. The van der Waals surface area contributed by atoms with Crippen LogP contribution in [0, 0.1) is 0 Å². The summed E-state index contributed by atoms with van der Waals surface area (Å²) in [7, 11) is 1.62. The van der Waals surface area contributed by atoms with E-state index < -0.39 is 0 Å². The molecule has 9 heteroatoms. The summed E-state index contributed by atoms with van der Waals surface area (Å²) in [5.74, 6) is 0.691. The monoisotopic (exact) mass is 450 g/mol. The molecule has 5 rings (SSSR count). The highest BCUT2D eigenvalue weighted by Gasteiger charge is 2.27. The number of hydrogen-bond donors (Lipinski definition) is 0. The van der Waals surface area contributed by atoms with Gasteiger partial charge in [0, 0.05) is 37.8 Å². The van der Waals surface area contributed by atoms with Crippen LogP contribution in [0.5, 0.6) is 5.75 Å². The standard InChI is InChI=1S/C24H30N6O3/c1-33-20-9-7-18(8-10-20)21-15-22-24(32)29(25-17-30(22)26-21)16-23(31)28-13-11-27(12-14-28)19-5-3-2-4-6-19/h7-10,15,17,19H,2-6,11-14,16H2,1H3. The topological polar surface area (TPSA) is 85.0 Å². The minimum absolute atomic E-state index is 0.0538. The average molecular weight is 451 g/mol. The summed E-state index contributed by atoms with van der Waals surface area (Å²) in [4.78, 5) is 30.3. The molecule has 1 aliphatic carbocycles. The van der Waals surface area contributed by atoms with Gasteiger partial charge >= 0.3 is 0 Å². The van der Waals surface area contributed by atoms with Crippen molar-refractivity contribution >= 4 is 11.4 Å². The van der Waals surface area contributed by atoms with E-state index in [2.05, 4.69) is 15.1 Å². The van der Waals surface area contributed by atoms with Gasteiger partial charge in [0.2, 0.25) is 5.91 Å². The number of nitrogens with zero attached hydrogens (tertiary/aromatic N) is 6. The Balaban J connectivity index is 1.26. The van der Waals surface area contributed by atoms with Gasteiger partial charge in [0.25, 0.3) is 5.56 Å². The molecule has 33 heavy (non-hydrogen) atoms. The predicted octanol–water partition coefficient (Wildman–Crippen LogP) is 2.04. The van der Waals surface area contributed by atoms with E-state index in [0.29, 0.717) is 30.3 Å². The summed E-state index contributed by atoms with van der Waals surface area (Å²) in [5, 5.41) is 8.65. The van der Waals surface area contributed by atoms with Gasteiger partial charge < -0.3 is 9.64 Å². The summed E-state index contributed by atoms with van der Waals surface area (Å²) >= 11 is 0. The molecule has 3 aromatic rings. The molecule has 0 bridgehead atoms. The number of carbonyl (C=O) groups excluding carboxylic acids is 1. The maximum Gasteiger partial charge on any atom is 0.293 e. The lowest BCUT2D eigenvalue weighted by Crippen LogP contribution is -2.53. The molecule has 2 fully saturated rings. The number of methoxy groups -OCH3 is 1. The Morgan fingerprint density at radius 2 is 1.79 bits per heavy atom. The first kappa shape index (κ1) is 21.6. The number of piperazine rings is 1. The first-order valence-electron chi connectivity index (χ1n) is 11.7. The van der Waals surface area contributed by atoms with E-state index in [1.165, 1.54) is 47.6 Å². The first-order chi connectivity index (χ1) is 16.1. The zero-order chi connectivity index (χ0) is 22.8. The molecule has 0 radical (unpaired) electrons. The zero-order valence-corrected chi connectivity index (χ0v) is 19.0.